The summed E-state index contributed by atoms with van der Waals surface area (Å²) in [6.07, 6.45) is -1.08. The third-order valence-electron chi connectivity index (χ3n) is 0.979. The van der Waals surface area contributed by atoms with Gasteiger partial charge in [-0.2, -0.15) is 0 Å². The van der Waals surface area contributed by atoms with Gasteiger partial charge in [0.1, 0.15) is 0 Å². The monoisotopic (exact) mass is 257 g/mol. The van der Waals surface area contributed by atoms with E-state index in [2.05, 4.69) is 0 Å². The van der Waals surface area contributed by atoms with E-state index in [9.17, 15) is 24.4 Å². The van der Waals surface area contributed by atoms with Crippen molar-refractivity contribution >= 4 is 19.7 Å². The third-order valence-corrected chi connectivity index (χ3v) is 1.63. The van der Waals surface area contributed by atoms with Crippen LogP contribution in [0, 0.1) is 0 Å². The zero-order chi connectivity index (χ0) is 10.6. The van der Waals surface area contributed by atoms with E-state index >= 15 is 0 Å². The fourth-order valence-corrected chi connectivity index (χ4v) is 1.15. The van der Waals surface area contributed by atoms with E-state index in [1.807, 2.05) is 0 Å². The molecule has 0 aliphatic carbocycles. The van der Waals surface area contributed by atoms with E-state index in [0.29, 0.717) is 0 Å². The van der Waals surface area contributed by atoms with Gasteiger partial charge in [-0.1, -0.05) is 0 Å². The molecule has 0 unspecified atom stereocenters. The van der Waals surface area contributed by atoms with Gasteiger partial charge in [0, 0.05) is 12.4 Å². The molecule has 1 atom stereocenters. The second kappa shape index (κ2) is 9.12. The second-order valence-corrected chi connectivity index (χ2v) is 3.47. The van der Waals surface area contributed by atoms with Gasteiger partial charge in [0.25, 0.3) is 0 Å². The molecule has 0 aromatic carbocycles. The van der Waals surface area contributed by atoms with Crippen LogP contribution in [0.25, 0.3) is 0 Å². The number of hydrogen-bond donors (Lipinski definition) is 3. The van der Waals surface area contributed by atoms with Crippen LogP contribution in [0.1, 0.15) is 6.42 Å². The molecule has 0 heterocycles. The number of carboxylic acid groups (broad SMARTS) is 2. The first kappa shape index (κ1) is 21.3. The van der Waals surface area contributed by atoms with Crippen LogP contribution < -0.4 is 74.4 Å². The summed E-state index contributed by atoms with van der Waals surface area (Å²) < 4.78 is 10.2. The summed E-state index contributed by atoms with van der Waals surface area (Å²) in [6, 6.07) is -1.97. The summed E-state index contributed by atoms with van der Waals surface area (Å²) in [6.45, 7) is 0. The fraction of sp³-hybridized carbons (Fsp3) is 0.500. The van der Waals surface area contributed by atoms with Gasteiger partial charge in [0.2, 0.25) is 0 Å². The third kappa shape index (κ3) is 13.0. The number of carbonyl (C=O) groups is 2. The van der Waals surface area contributed by atoms with Crippen LogP contribution in [0.3, 0.4) is 0 Å². The van der Waals surface area contributed by atoms with Crippen molar-refractivity contribution < 1.29 is 93.3 Å². The van der Waals surface area contributed by atoms with Gasteiger partial charge in [0.05, 0.1) is 12.0 Å². The van der Waals surface area contributed by atoms with E-state index in [1.54, 1.807) is 0 Å². The Bertz CT molecular complexity index is 266. The minimum Gasteiger partial charge on any atom is -0.550 e. The Morgan fingerprint density at radius 1 is 1.27 bits per heavy atom. The molecule has 76 valence electrons. The summed E-state index contributed by atoms with van der Waals surface area (Å²) in [7, 11) is -4.79. The largest absolute Gasteiger partial charge is 1.00 e. The first-order valence-electron chi connectivity index (χ1n) is 2.96. The van der Waals surface area contributed by atoms with Crippen molar-refractivity contribution in [1.82, 2.24) is 5.09 Å². The van der Waals surface area contributed by atoms with Gasteiger partial charge < -0.3 is 29.6 Å². The molecular formula is C4H6NNa2O7P. The average molecular weight is 257 g/mol. The van der Waals surface area contributed by atoms with Crippen molar-refractivity contribution in [3.8, 4) is 0 Å². The topological polar surface area (TPSA) is 150 Å². The van der Waals surface area contributed by atoms with E-state index in [1.165, 1.54) is 5.09 Å². The van der Waals surface area contributed by atoms with Crippen molar-refractivity contribution in [2.75, 3.05) is 0 Å². The molecule has 0 bridgehead atoms. The molecular weight excluding hydrogens is 251 g/mol. The average Bonchev–Trinajstić information content (AvgIpc) is 1.81. The SMILES string of the molecule is O=C([O-])C[C@H](NP(=O)(O)O)C(=O)[O-].[Na+].[Na+]. The zero-order valence-electron chi connectivity index (χ0n) is 8.17. The molecule has 0 saturated carbocycles. The summed E-state index contributed by atoms with van der Waals surface area (Å²) >= 11 is 0. The van der Waals surface area contributed by atoms with Crippen molar-refractivity contribution in [2.45, 2.75) is 12.5 Å². The second-order valence-electron chi connectivity index (χ2n) is 2.12. The number of hydrogen-bond acceptors (Lipinski definition) is 5. The Morgan fingerprint density at radius 2 is 1.67 bits per heavy atom. The molecule has 0 amide bonds. The predicted molar refractivity (Wildman–Crippen MR) is 33.6 cm³/mol. The Kier molecular flexibility index (Phi) is 13.0. The van der Waals surface area contributed by atoms with Crippen LogP contribution in [0.15, 0.2) is 0 Å². The fourth-order valence-electron chi connectivity index (χ4n) is 0.551. The van der Waals surface area contributed by atoms with E-state index in [0.717, 1.165) is 0 Å². The first-order chi connectivity index (χ1) is 5.72. The number of carboxylic acids is 2. The molecule has 15 heavy (non-hydrogen) atoms. The number of aliphatic carboxylic acids is 2. The Morgan fingerprint density at radius 3 is 1.87 bits per heavy atom. The van der Waals surface area contributed by atoms with E-state index in [-0.39, 0.29) is 59.1 Å². The molecule has 0 saturated heterocycles. The van der Waals surface area contributed by atoms with Crippen LogP contribution in [0.4, 0.5) is 0 Å². The molecule has 0 radical (unpaired) electrons. The molecule has 0 rings (SSSR count). The van der Waals surface area contributed by atoms with Gasteiger partial charge in [-0.3, -0.25) is 0 Å². The predicted octanol–water partition coefficient (Wildman–Crippen LogP) is -10.1. The number of nitrogens with one attached hydrogen (secondary N) is 1. The quantitative estimate of drug-likeness (QED) is 0.324. The number of rotatable bonds is 5. The Hall–Kier alpha value is 1.05. The minimum absolute atomic E-state index is 0. The normalized spacial score (nSPS) is 11.9. The molecule has 8 nitrogen and oxygen atoms in total. The van der Waals surface area contributed by atoms with Crippen molar-refractivity contribution in [2.24, 2.45) is 0 Å². The molecule has 3 N–H and O–H groups in total. The summed E-state index contributed by atoms with van der Waals surface area (Å²) in [5, 5.41) is 21.3. The Labute approximate surface area is 129 Å². The summed E-state index contributed by atoms with van der Waals surface area (Å²) in [5.74, 6) is -3.68. The molecule has 0 aliphatic heterocycles. The van der Waals surface area contributed by atoms with E-state index in [4.69, 9.17) is 9.79 Å². The van der Waals surface area contributed by atoms with Gasteiger partial charge in [-0.05, 0) is 0 Å². The van der Waals surface area contributed by atoms with Crippen molar-refractivity contribution in [1.29, 1.82) is 0 Å². The van der Waals surface area contributed by atoms with E-state index < -0.39 is 32.1 Å². The van der Waals surface area contributed by atoms with Gasteiger partial charge in [-0.25, -0.2) is 9.65 Å². The van der Waals surface area contributed by atoms with Crippen LogP contribution >= 0.6 is 7.75 Å². The van der Waals surface area contributed by atoms with Crippen molar-refractivity contribution in [3.05, 3.63) is 0 Å². The van der Waals surface area contributed by atoms with Crippen LogP contribution in [0.2, 0.25) is 0 Å². The maximum Gasteiger partial charge on any atom is 1.00 e. The first-order valence-corrected chi connectivity index (χ1v) is 4.57. The van der Waals surface area contributed by atoms with Crippen LogP contribution in [-0.2, 0) is 14.2 Å². The molecule has 11 heteroatoms. The van der Waals surface area contributed by atoms with Crippen molar-refractivity contribution in [3.63, 3.8) is 0 Å². The summed E-state index contributed by atoms with van der Waals surface area (Å²) in [4.78, 5) is 36.5. The summed E-state index contributed by atoms with van der Waals surface area (Å²) in [5.41, 5.74) is 0. The zero-order valence-corrected chi connectivity index (χ0v) is 13.1. The molecule has 0 aliphatic rings. The van der Waals surface area contributed by atoms with Gasteiger partial charge in [-0.15, -0.1) is 0 Å². The molecule has 0 fully saturated rings. The maximum atomic E-state index is 10.2. The smallest absolute Gasteiger partial charge is 0.550 e. The molecule has 0 aromatic rings. The molecule has 0 aromatic heterocycles. The van der Waals surface area contributed by atoms with Crippen LogP contribution in [0.5, 0.6) is 0 Å². The minimum atomic E-state index is -4.79. The van der Waals surface area contributed by atoms with Gasteiger partial charge in [0.15, 0.2) is 0 Å². The number of carbonyl (C=O) groups excluding carboxylic acids is 2. The maximum absolute atomic E-state index is 10.2. The van der Waals surface area contributed by atoms with Crippen LogP contribution in [-0.4, -0.2) is 27.8 Å². The van der Waals surface area contributed by atoms with Gasteiger partial charge >= 0.3 is 66.9 Å². The Balaban J connectivity index is -0.000000720. The molecule has 0 spiro atoms. The standard InChI is InChI=1S/C4H8NO7P.2Na/c6-3(7)1-2(4(8)9)5-13(10,11)12;;/h2H,1H2,(H,6,7)(H,8,9)(H3,5,10,11,12);;/q;2*+1/p-2/t2-;;/m0../s1.